The molecule has 0 aliphatic carbocycles. The molecular formula is C9H8BrNO. The SMILES string of the molecule is Cc1cc(C)c2ncoc2c1Br. The zero-order valence-electron chi connectivity index (χ0n) is 6.89. The number of fused-ring (bicyclic) bond motifs is 1. The van der Waals surface area contributed by atoms with Crippen molar-refractivity contribution in [2.24, 2.45) is 0 Å². The molecule has 0 radical (unpaired) electrons. The second-order valence-corrected chi connectivity index (χ2v) is 3.65. The molecule has 2 nitrogen and oxygen atoms in total. The van der Waals surface area contributed by atoms with Gasteiger partial charge in [-0.2, -0.15) is 0 Å². The summed E-state index contributed by atoms with van der Waals surface area (Å²) < 4.78 is 6.25. The highest BCUT2D eigenvalue weighted by molar-refractivity contribution is 9.10. The Morgan fingerprint density at radius 2 is 2.08 bits per heavy atom. The second kappa shape index (κ2) is 2.59. The zero-order chi connectivity index (χ0) is 8.72. The Morgan fingerprint density at radius 1 is 1.33 bits per heavy atom. The number of halogens is 1. The third-order valence-corrected chi connectivity index (χ3v) is 2.91. The van der Waals surface area contributed by atoms with Crippen LogP contribution in [0.25, 0.3) is 11.1 Å². The van der Waals surface area contributed by atoms with E-state index < -0.39 is 0 Å². The van der Waals surface area contributed by atoms with Gasteiger partial charge in [0.2, 0.25) is 0 Å². The van der Waals surface area contributed by atoms with Crippen LogP contribution in [0.15, 0.2) is 21.3 Å². The van der Waals surface area contributed by atoms with E-state index in [0.717, 1.165) is 21.1 Å². The van der Waals surface area contributed by atoms with E-state index in [0.29, 0.717) is 0 Å². The monoisotopic (exact) mass is 225 g/mol. The topological polar surface area (TPSA) is 26.0 Å². The molecule has 3 heteroatoms. The number of hydrogen-bond donors (Lipinski definition) is 0. The normalized spacial score (nSPS) is 10.9. The smallest absolute Gasteiger partial charge is 0.182 e. The minimum atomic E-state index is 0.840. The summed E-state index contributed by atoms with van der Waals surface area (Å²) in [6, 6.07) is 2.09. The quantitative estimate of drug-likeness (QED) is 0.689. The maximum Gasteiger partial charge on any atom is 0.182 e. The third-order valence-electron chi connectivity index (χ3n) is 1.92. The Labute approximate surface area is 78.7 Å². The van der Waals surface area contributed by atoms with E-state index in [1.165, 1.54) is 12.0 Å². The Bertz CT molecular complexity index is 433. The summed E-state index contributed by atoms with van der Waals surface area (Å²) in [5.74, 6) is 0. The number of aromatic nitrogens is 1. The minimum Gasteiger partial charge on any atom is -0.442 e. The van der Waals surface area contributed by atoms with Crippen molar-refractivity contribution in [3.05, 3.63) is 28.1 Å². The van der Waals surface area contributed by atoms with E-state index in [1.54, 1.807) is 0 Å². The maximum atomic E-state index is 5.25. The third kappa shape index (κ3) is 0.966. The summed E-state index contributed by atoms with van der Waals surface area (Å²) in [4.78, 5) is 4.12. The lowest BCUT2D eigenvalue weighted by Crippen LogP contribution is -1.81. The van der Waals surface area contributed by atoms with Gasteiger partial charge < -0.3 is 4.42 Å². The Kier molecular flexibility index (Phi) is 1.68. The first-order valence-electron chi connectivity index (χ1n) is 3.69. The second-order valence-electron chi connectivity index (χ2n) is 2.85. The first-order chi connectivity index (χ1) is 5.70. The molecule has 0 saturated heterocycles. The largest absolute Gasteiger partial charge is 0.442 e. The molecule has 2 aromatic rings. The highest BCUT2D eigenvalue weighted by atomic mass is 79.9. The number of hydrogen-bond acceptors (Lipinski definition) is 2. The standard InChI is InChI=1S/C9H8BrNO/c1-5-3-6(2)8-9(7(5)10)12-4-11-8/h3-4H,1-2H3. The molecule has 0 aliphatic heterocycles. The lowest BCUT2D eigenvalue weighted by molar-refractivity contribution is 0.600. The van der Waals surface area contributed by atoms with Gasteiger partial charge in [0.15, 0.2) is 12.0 Å². The van der Waals surface area contributed by atoms with Gasteiger partial charge in [0.05, 0.1) is 4.47 Å². The summed E-state index contributed by atoms with van der Waals surface area (Å²) >= 11 is 3.46. The number of rotatable bonds is 0. The predicted octanol–water partition coefficient (Wildman–Crippen LogP) is 3.21. The molecule has 0 atom stereocenters. The average molecular weight is 226 g/mol. The molecule has 0 spiro atoms. The molecule has 12 heavy (non-hydrogen) atoms. The number of benzene rings is 1. The summed E-state index contributed by atoms with van der Waals surface area (Å²) in [5.41, 5.74) is 4.11. The van der Waals surface area contributed by atoms with Crippen LogP contribution >= 0.6 is 15.9 Å². The van der Waals surface area contributed by atoms with Gasteiger partial charge in [-0.3, -0.25) is 0 Å². The molecule has 0 amide bonds. The molecule has 62 valence electrons. The molecule has 2 rings (SSSR count). The van der Waals surface area contributed by atoms with Crippen molar-refractivity contribution in [2.45, 2.75) is 13.8 Å². The van der Waals surface area contributed by atoms with Crippen LogP contribution in [-0.4, -0.2) is 4.98 Å². The number of aryl methyl sites for hydroxylation is 2. The summed E-state index contributed by atoms with van der Waals surface area (Å²) in [5, 5.41) is 0. The van der Waals surface area contributed by atoms with Crippen molar-refractivity contribution in [2.75, 3.05) is 0 Å². The number of oxazole rings is 1. The predicted molar refractivity (Wildman–Crippen MR) is 51.2 cm³/mol. The first-order valence-corrected chi connectivity index (χ1v) is 4.48. The molecule has 0 bridgehead atoms. The Morgan fingerprint density at radius 3 is 2.83 bits per heavy atom. The van der Waals surface area contributed by atoms with Gasteiger partial charge in [0.1, 0.15) is 5.52 Å². The molecule has 1 aromatic heterocycles. The lowest BCUT2D eigenvalue weighted by atomic mass is 10.1. The average Bonchev–Trinajstić information content (AvgIpc) is 2.48. The fourth-order valence-corrected chi connectivity index (χ4v) is 1.71. The first kappa shape index (κ1) is 7.80. The fourth-order valence-electron chi connectivity index (χ4n) is 1.32. The maximum absolute atomic E-state index is 5.25. The van der Waals surface area contributed by atoms with Gasteiger partial charge >= 0.3 is 0 Å². The van der Waals surface area contributed by atoms with Gasteiger partial charge in [-0.15, -0.1) is 0 Å². The summed E-state index contributed by atoms with van der Waals surface area (Å²) in [6.45, 7) is 4.07. The van der Waals surface area contributed by atoms with Crippen molar-refractivity contribution in [1.29, 1.82) is 0 Å². The zero-order valence-corrected chi connectivity index (χ0v) is 8.47. The van der Waals surface area contributed by atoms with E-state index >= 15 is 0 Å². The fraction of sp³-hybridized carbons (Fsp3) is 0.222. The van der Waals surface area contributed by atoms with Crippen molar-refractivity contribution < 1.29 is 4.42 Å². The van der Waals surface area contributed by atoms with Gasteiger partial charge in [-0.1, -0.05) is 6.07 Å². The van der Waals surface area contributed by atoms with E-state index in [2.05, 4.69) is 27.0 Å². The van der Waals surface area contributed by atoms with Gasteiger partial charge in [0.25, 0.3) is 0 Å². The molecule has 1 aromatic carbocycles. The van der Waals surface area contributed by atoms with Crippen LogP contribution in [0, 0.1) is 13.8 Å². The highest BCUT2D eigenvalue weighted by Gasteiger charge is 2.08. The molecule has 0 N–H and O–H groups in total. The van der Waals surface area contributed by atoms with Crippen molar-refractivity contribution in [3.63, 3.8) is 0 Å². The van der Waals surface area contributed by atoms with Crippen LogP contribution in [0.4, 0.5) is 0 Å². The highest BCUT2D eigenvalue weighted by Crippen LogP contribution is 2.28. The van der Waals surface area contributed by atoms with Crippen LogP contribution in [-0.2, 0) is 0 Å². The van der Waals surface area contributed by atoms with Gasteiger partial charge in [0, 0.05) is 0 Å². The summed E-state index contributed by atoms with van der Waals surface area (Å²) in [6.07, 6.45) is 1.47. The van der Waals surface area contributed by atoms with Crippen molar-refractivity contribution in [3.8, 4) is 0 Å². The van der Waals surface area contributed by atoms with E-state index in [-0.39, 0.29) is 0 Å². The lowest BCUT2D eigenvalue weighted by Gasteiger charge is -1.99. The Hall–Kier alpha value is -0.830. The summed E-state index contributed by atoms with van der Waals surface area (Å²) in [7, 11) is 0. The molecule has 0 aliphatic rings. The minimum absolute atomic E-state index is 0.840. The van der Waals surface area contributed by atoms with Crippen LogP contribution in [0.3, 0.4) is 0 Å². The van der Waals surface area contributed by atoms with E-state index in [4.69, 9.17) is 4.42 Å². The van der Waals surface area contributed by atoms with Crippen LogP contribution in [0.1, 0.15) is 11.1 Å². The van der Waals surface area contributed by atoms with Gasteiger partial charge in [-0.25, -0.2) is 4.98 Å². The van der Waals surface area contributed by atoms with E-state index in [1.807, 2.05) is 13.8 Å². The molecule has 1 heterocycles. The van der Waals surface area contributed by atoms with Crippen LogP contribution < -0.4 is 0 Å². The van der Waals surface area contributed by atoms with Gasteiger partial charge in [-0.05, 0) is 40.9 Å². The van der Waals surface area contributed by atoms with Crippen LogP contribution in [0.2, 0.25) is 0 Å². The van der Waals surface area contributed by atoms with E-state index in [9.17, 15) is 0 Å². The molecular weight excluding hydrogens is 218 g/mol. The molecule has 0 saturated carbocycles. The number of nitrogens with zero attached hydrogens (tertiary/aromatic N) is 1. The Balaban J connectivity index is 2.97. The van der Waals surface area contributed by atoms with Crippen LogP contribution in [0.5, 0.6) is 0 Å². The molecule has 0 unspecified atom stereocenters. The molecule has 0 fully saturated rings. The van der Waals surface area contributed by atoms with Crippen molar-refractivity contribution >= 4 is 27.0 Å². The van der Waals surface area contributed by atoms with Crippen molar-refractivity contribution in [1.82, 2.24) is 4.98 Å².